The Labute approximate surface area is 96.5 Å². The van der Waals surface area contributed by atoms with E-state index in [0.29, 0.717) is 0 Å². The molecule has 0 aliphatic carbocycles. The molecule has 14 heavy (non-hydrogen) atoms. The molecule has 1 aromatic rings. The average molecular weight is 271 g/mol. The van der Waals surface area contributed by atoms with Crippen LogP contribution in [0.15, 0.2) is 33.7 Å². The lowest BCUT2D eigenvalue weighted by Gasteiger charge is -2.18. The maximum atomic E-state index is 4.43. The van der Waals surface area contributed by atoms with Gasteiger partial charge in [-0.1, -0.05) is 33.8 Å². The summed E-state index contributed by atoms with van der Waals surface area (Å²) in [5, 5.41) is 1.11. The Morgan fingerprint density at radius 3 is 3.07 bits per heavy atom. The smallest absolute Gasteiger partial charge is 0.163 e. The number of thioether (sulfide) groups is 1. The van der Waals surface area contributed by atoms with E-state index in [2.05, 4.69) is 50.3 Å². The second-order valence-electron chi connectivity index (χ2n) is 3.00. The van der Waals surface area contributed by atoms with Crippen molar-refractivity contribution in [2.24, 2.45) is 4.99 Å². The van der Waals surface area contributed by atoms with E-state index in [1.165, 1.54) is 5.69 Å². The first-order chi connectivity index (χ1) is 6.81. The van der Waals surface area contributed by atoms with Crippen LogP contribution in [0.2, 0.25) is 0 Å². The summed E-state index contributed by atoms with van der Waals surface area (Å²) in [4.78, 5) is 6.68. The summed E-state index contributed by atoms with van der Waals surface area (Å²) in [5.74, 6) is 0. The van der Waals surface area contributed by atoms with E-state index < -0.39 is 0 Å². The van der Waals surface area contributed by atoms with E-state index in [1.807, 2.05) is 6.07 Å². The third kappa shape index (κ3) is 1.96. The third-order valence-corrected chi connectivity index (χ3v) is 3.31. The Morgan fingerprint density at radius 1 is 1.50 bits per heavy atom. The fourth-order valence-electron chi connectivity index (χ4n) is 1.48. The van der Waals surface area contributed by atoms with Crippen LogP contribution in [0.3, 0.4) is 0 Å². The van der Waals surface area contributed by atoms with Crippen LogP contribution < -0.4 is 4.90 Å². The second-order valence-corrected chi connectivity index (χ2v) is 4.69. The Balaban J connectivity index is 2.27. The molecule has 0 amide bonds. The van der Waals surface area contributed by atoms with Crippen LogP contribution in [0, 0.1) is 0 Å². The molecule has 4 heteroatoms. The van der Waals surface area contributed by atoms with Gasteiger partial charge < -0.3 is 4.90 Å². The van der Waals surface area contributed by atoms with Crippen LogP contribution in [0.1, 0.15) is 0 Å². The van der Waals surface area contributed by atoms with Gasteiger partial charge in [0, 0.05) is 16.7 Å². The average Bonchev–Trinajstić information content (AvgIpc) is 2.65. The van der Waals surface area contributed by atoms with Gasteiger partial charge >= 0.3 is 0 Å². The van der Waals surface area contributed by atoms with Gasteiger partial charge in [0.25, 0.3) is 0 Å². The third-order valence-electron chi connectivity index (χ3n) is 2.10. The number of amidine groups is 1. The first-order valence-electron chi connectivity index (χ1n) is 4.43. The topological polar surface area (TPSA) is 15.6 Å². The van der Waals surface area contributed by atoms with Crippen molar-refractivity contribution in [3.63, 3.8) is 0 Å². The largest absolute Gasteiger partial charge is 0.319 e. The van der Waals surface area contributed by atoms with Gasteiger partial charge in [-0.15, -0.1) is 0 Å². The predicted molar refractivity (Wildman–Crippen MR) is 67.3 cm³/mol. The van der Waals surface area contributed by atoms with Gasteiger partial charge in [0.1, 0.15) is 0 Å². The molecule has 1 aliphatic rings. The molecule has 2 rings (SSSR count). The molecule has 1 aliphatic heterocycles. The first-order valence-corrected chi connectivity index (χ1v) is 6.44. The maximum absolute atomic E-state index is 4.43. The normalized spacial score (nSPS) is 15.9. The first kappa shape index (κ1) is 10.1. The van der Waals surface area contributed by atoms with E-state index in [0.717, 1.165) is 22.7 Å². The fourth-order valence-corrected chi connectivity index (χ4v) is 2.51. The maximum Gasteiger partial charge on any atom is 0.163 e. The highest BCUT2D eigenvalue weighted by molar-refractivity contribution is 9.10. The van der Waals surface area contributed by atoms with Gasteiger partial charge in [-0.05, 0) is 24.5 Å². The van der Waals surface area contributed by atoms with Gasteiger partial charge in [0.05, 0.1) is 6.54 Å². The van der Waals surface area contributed by atoms with Crippen molar-refractivity contribution < 1.29 is 0 Å². The van der Waals surface area contributed by atoms with Crippen molar-refractivity contribution in [3.05, 3.63) is 28.7 Å². The van der Waals surface area contributed by atoms with E-state index in [9.17, 15) is 0 Å². The molecule has 0 bridgehead atoms. The predicted octanol–water partition coefficient (Wildman–Crippen LogP) is 2.99. The number of hydrogen-bond donors (Lipinski definition) is 0. The molecule has 0 atom stereocenters. The zero-order chi connectivity index (χ0) is 9.97. The van der Waals surface area contributed by atoms with Crippen LogP contribution in [0.4, 0.5) is 5.69 Å². The molecule has 0 N–H and O–H groups in total. The van der Waals surface area contributed by atoms with E-state index in [4.69, 9.17) is 0 Å². The Morgan fingerprint density at radius 2 is 2.36 bits per heavy atom. The molecule has 1 heterocycles. The standard InChI is InChI=1S/C10H11BrN2S/c1-14-10-12-5-6-13(10)9-4-2-3-8(11)7-9/h2-4,7H,5-6H2,1H3. The van der Waals surface area contributed by atoms with Gasteiger partial charge in [0.2, 0.25) is 0 Å². The number of rotatable bonds is 1. The minimum atomic E-state index is 0.905. The molecular weight excluding hydrogens is 260 g/mol. The summed E-state index contributed by atoms with van der Waals surface area (Å²) in [7, 11) is 0. The van der Waals surface area contributed by atoms with Crippen molar-refractivity contribution in [1.29, 1.82) is 0 Å². The number of nitrogens with zero attached hydrogens (tertiary/aromatic N) is 2. The fraction of sp³-hybridized carbons (Fsp3) is 0.300. The Kier molecular flexibility index (Phi) is 3.13. The van der Waals surface area contributed by atoms with E-state index >= 15 is 0 Å². The molecule has 74 valence electrons. The molecule has 1 aromatic carbocycles. The molecule has 0 fully saturated rings. The monoisotopic (exact) mass is 270 g/mol. The van der Waals surface area contributed by atoms with Crippen LogP contribution in [-0.4, -0.2) is 24.5 Å². The molecule has 0 spiro atoms. The van der Waals surface area contributed by atoms with Crippen molar-refractivity contribution in [1.82, 2.24) is 0 Å². The van der Waals surface area contributed by atoms with E-state index in [1.54, 1.807) is 11.8 Å². The van der Waals surface area contributed by atoms with Crippen LogP contribution in [0.5, 0.6) is 0 Å². The minimum absolute atomic E-state index is 0.905. The molecular formula is C10H11BrN2S. The molecule has 0 saturated heterocycles. The molecule has 0 unspecified atom stereocenters. The summed E-state index contributed by atoms with van der Waals surface area (Å²) in [6.45, 7) is 1.90. The number of halogens is 1. The summed E-state index contributed by atoms with van der Waals surface area (Å²) in [6.07, 6.45) is 2.06. The lowest BCUT2D eigenvalue weighted by atomic mass is 10.3. The molecule has 0 aromatic heterocycles. The minimum Gasteiger partial charge on any atom is -0.319 e. The number of hydrogen-bond acceptors (Lipinski definition) is 3. The summed E-state index contributed by atoms with van der Waals surface area (Å²) < 4.78 is 1.11. The van der Waals surface area contributed by atoms with Crippen LogP contribution in [0.25, 0.3) is 0 Å². The van der Waals surface area contributed by atoms with Crippen LogP contribution in [-0.2, 0) is 0 Å². The number of benzene rings is 1. The molecule has 0 radical (unpaired) electrons. The number of aliphatic imine (C=N–C) groups is 1. The quantitative estimate of drug-likeness (QED) is 0.780. The highest BCUT2D eigenvalue weighted by Gasteiger charge is 2.17. The van der Waals surface area contributed by atoms with Crippen LogP contribution >= 0.6 is 27.7 Å². The highest BCUT2D eigenvalue weighted by atomic mass is 79.9. The summed E-state index contributed by atoms with van der Waals surface area (Å²) >= 11 is 5.18. The lowest BCUT2D eigenvalue weighted by Crippen LogP contribution is -2.24. The highest BCUT2D eigenvalue weighted by Crippen LogP contribution is 2.24. The van der Waals surface area contributed by atoms with Crippen molar-refractivity contribution in [2.45, 2.75) is 0 Å². The zero-order valence-corrected chi connectivity index (χ0v) is 10.3. The summed E-state index contributed by atoms with van der Waals surface area (Å²) in [6, 6.07) is 8.32. The molecule has 0 saturated carbocycles. The van der Waals surface area contributed by atoms with Gasteiger partial charge in [-0.3, -0.25) is 4.99 Å². The van der Waals surface area contributed by atoms with E-state index in [-0.39, 0.29) is 0 Å². The van der Waals surface area contributed by atoms with Gasteiger partial charge in [0.15, 0.2) is 5.17 Å². The van der Waals surface area contributed by atoms with Crippen molar-refractivity contribution in [2.75, 3.05) is 24.2 Å². The van der Waals surface area contributed by atoms with Gasteiger partial charge in [-0.25, -0.2) is 0 Å². The van der Waals surface area contributed by atoms with Gasteiger partial charge in [-0.2, -0.15) is 0 Å². The van der Waals surface area contributed by atoms with Crippen molar-refractivity contribution >= 4 is 38.5 Å². The molecule has 2 nitrogen and oxygen atoms in total. The lowest BCUT2D eigenvalue weighted by molar-refractivity contribution is 1.02. The summed E-state index contributed by atoms with van der Waals surface area (Å²) in [5.41, 5.74) is 1.21. The second kappa shape index (κ2) is 4.36. The Hall–Kier alpha value is -0.480. The Bertz CT molecular complexity index is 365. The zero-order valence-electron chi connectivity index (χ0n) is 7.90. The van der Waals surface area contributed by atoms with Crippen molar-refractivity contribution in [3.8, 4) is 0 Å². The SMILES string of the molecule is CSC1=NCCN1c1cccc(Br)c1. The number of anilines is 1.